The van der Waals surface area contributed by atoms with Gasteiger partial charge in [0.05, 0.1) is 18.9 Å². The molecule has 164 valence electrons. The van der Waals surface area contributed by atoms with Crippen LogP contribution in [0.2, 0.25) is 0 Å². The van der Waals surface area contributed by atoms with E-state index in [0.717, 1.165) is 28.3 Å². The molecule has 0 saturated heterocycles. The Morgan fingerprint density at radius 2 is 1.81 bits per heavy atom. The maximum Gasteiger partial charge on any atom is 0.360 e. The summed E-state index contributed by atoms with van der Waals surface area (Å²) in [5.41, 5.74) is 3.59. The number of nitrogens with one attached hydrogen (secondary N) is 1. The second kappa shape index (κ2) is 9.91. The van der Waals surface area contributed by atoms with Gasteiger partial charge in [-0.1, -0.05) is 30.3 Å². The molecule has 8 nitrogen and oxygen atoms in total. The summed E-state index contributed by atoms with van der Waals surface area (Å²) in [4.78, 5) is 16.5. The van der Waals surface area contributed by atoms with Crippen molar-refractivity contribution < 1.29 is 18.7 Å². The molecule has 0 aliphatic carbocycles. The lowest BCUT2D eigenvalue weighted by molar-refractivity contribution is 0.0518. The highest BCUT2D eigenvalue weighted by Crippen LogP contribution is 2.22. The topological polar surface area (TPSA) is 103 Å². The van der Waals surface area contributed by atoms with Crippen LogP contribution < -0.4 is 4.74 Å². The Kier molecular flexibility index (Phi) is 6.60. The lowest BCUT2D eigenvalue weighted by Gasteiger charge is -2.06. The number of rotatable bonds is 9. The summed E-state index contributed by atoms with van der Waals surface area (Å²) in [5.74, 6) is 1.70. The lowest BCUT2D eigenvalue weighted by Crippen LogP contribution is -2.08. The number of nitrogens with zero attached hydrogens (tertiary/aromatic N) is 3. The van der Waals surface area contributed by atoms with Gasteiger partial charge in [0.25, 0.3) is 0 Å². The quantitative estimate of drug-likeness (QED) is 0.396. The van der Waals surface area contributed by atoms with Crippen LogP contribution in [-0.4, -0.2) is 39.6 Å². The van der Waals surface area contributed by atoms with Crippen molar-refractivity contribution in [2.75, 3.05) is 13.2 Å². The Balaban J connectivity index is 1.32. The number of oxazole rings is 1. The zero-order valence-corrected chi connectivity index (χ0v) is 18.0. The fourth-order valence-corrected chi connectivity index (χ4v) is 3.27. The third kappa shape index (κ3) is 5.03. The number of hydrogen-bond acceptors (Lipinski definition) is 7. The van der Waals surface area contributed by atoms with Crippen LogP contribution in [0.5, 0.6) is 5.75 Å². The van der Waals surface area contributed by atoms with Crippen molar-refractivity contribution >= 4 is 5.97 Å². The molecule has 32 heavy (non-hydrogen) atoms. The number of ether oxygens (including phenoxy) is 2. The third-order valence-corrected chi connectivity index (χ3v) is 4.90. The van der Waals surface area contributed by atoms with Crippen molar-refractivity contribution in [2.45, 2.75) is 26.7 Å². The number of benzene rings is 2. The first kappa shape index (κ1) is 21.3. The highest BCUT2D eigenvalue weighted by atomic mass is 16.5. The Hall–Kier alpha value is -3.94. The normalized spacial score (nSPS) is 10.8. The monoisotopic (exact) mass is 432 g/mol. The summed E-state index contributed by atoms with van der Waals surface area (Å²) in [6, 6.07) is 17.5. The Bertz CT molecular complexity index is 1170. The first-order valence-corrected chi connectivity index (χ1v) is 10.4. The van der Waals surface area contributed by atoms with E-state index >= 15 is 0 Å². The number of hydrogen-bond donors (Lipinski definition) is 1. The van der Waals surface area contributed by atoms with Crippen molar-refractivity contribution in [1.29, 1.82) is 0 Å². The molecule has 0 aliphatic rings. The van der Waals surface area contributed by atoms with Crippen LogP contribution >= 0.6 is 0 Å². The first-order chi connectivity index (χ1) is 15.6. The van der Waals surface area contributed by atoms with Gasteiger partial charge in [0.2, 0.25) is 5.89 Å². The van der Waals surface area contributed by atoms with Gasteiger partial charge in [-0.2, -0.15) is 10.3 Å². The Morgan fingerprint density at radius 1 is 1.03 bits per heavy atom. The van der Waals surface area contributed by atoms with Crippen LogP contribution in [0.4, 0.5) is 0 Å². The molecule has 2 aromatic heterocycles. The molecule has 0 saturated carbocycles. The first-order valence-electron chi connectivity index (χ1n) is 10.4. The molecule has 0 radical (unpaired) electrons. The number of aromatic nitrogens is 4. The van der Waals surface area contributed by atoms with E-state index in [1.807, 2.05) is 61.5 Å². The van der Waals surface area contributed by atoms with Crippen LogP contribution in [0.15, 0.2) is 59.0 Å². The van der Waals surface area contributed by atoms with Crippen LogP contribution in [-0.2, 0) is 17.6 Å². The van der Waals surface area contributed by atoms with Gasteiger partial charge >= 0.3 is 5.97 Å². The smallest absolute Gasteiger partial charge is 0.360 e. The minimum Gasteiger partial charge on any atom is -0.493 e. The Labute approximate surface area is 185 Å². The minimum atomic E-state index is -0.477. The van der Waals surface area contributed by atoms with Crippen molar-refractivity contribution in [1.82, 2.24) is 20.4 Å². The number of carbonyl (C=O) groups excluding carboxylic acids is 1. The highest BCUT2D eigenvalue weighted by Gasteiger charge is 2.17. The van der Waals surface area contributed by atoms with Crippen molar-refractivity contribution in [3.05, 3.63) is 83.0 Å². The summed E-state index contributed by atoms with van der Waals surface area (Å²) in [6.07, 6.45) is 1.11. The number of aryl methyl sites for hydroxylation is 1. The molecule has 0 spiro atoms. The predicted molar refractivity (Wildman–Crippen MR) is 117 cm³/mol. The SMILES string of the molecule is CCOC(=O)c1n[nH]nc1Cc1ccc(OCCc2nc(-c3ccccc3)oc2C)cc1. The van der Waals surface area contributed by atoms with E-state index in [0.29, 0.717) is 37.6 Å². The lowest BCUT2D eigenvalue weighted by atomic mass is 10.1. The zero-order chi connectivity index (χ0) is 22.3. The molecular weight excluding hydrogens is 408 g/mol. The van der Waals surface area contributed by atoms with Gasteiger partial charge in [-0.15, -0.1) is 5.10 Å². The van der Waals surface area contributed by atoms with Crippen LogP contribution in [0, 0.1) is 6.92 Å². The van der Waals surface area contributed by atoms with Gasteiger partial charge in [-0.25, -0.2) is 9.78 Å². The fourth-order valence-electron chi connectivity index (χ4n) is 3.27. The molecule has 8 heteroatoms. The second-order valence-corrected chi connectivity index (χ2v) is 7.15. The summed E-state index contributed by atoms with van der Waals surface area (Å²) in [7, 11) is 0. The van der Waals surface area contributed by atoms with Crippen molar-refractivity contribution in [3.8, 4) is 17.2 Å². The van der Waals surface area contributed by atoms with E-state index < -0.39 is 5.97 Å². The average Bonchev–Trinajstić information content (AvgIpc) is 3.42. The molecule has 0 atom stereocenters. The van der Waals surface area contributed by atoms with Gasteiger partial charge in [-0.3, -0.25) is 0 Å². The maximum absolute atomic E-state index is 11.9. The molecule has 0 bridgehead atoms. The van der Waals surface area contributed by atoms with Crippen LogP contribution in [0.1, 0.15) is 40.1 Å². The van der Waals surface area contributed by atoms with Gasteiger partial charge in [0, 0.05) is 18.4 Å². The van der Waals surface area contributed by atoms with E-state index in [4.69, 9.17) is 13.9 Å². The molecule has 0 unspecified atom stereocenters. The molecule has 2 aromatic carbocycles. The zero-order valence-electron chi connectivity index (χ0n) is 18.0. The molecule has 4 rings (SSSR count). The molecular formula is C24H24N4O4. The number of H-pyrrole nitrogens is 1. The molecule has 0 amide bonds. The maximum atomic E-state index is 11.9. The van der Waals surface area contributed by atoms with Gasteiger partial charge < -0.3 is 13.9 Å². The standard InChI is InChI=1S/C24H24N4O4/c1-3-30-24(29)22-21(26-28-27-22)15-17-9-11-19(12-10-17)31-14-13-20-16(2)32-23(25-20)18-7-5-4-6-8-18/h4-12H,3,13-15H2,1-2H3,(H,26,27,28). The van der Waals surface area contributed by atoms with Crippen LogP contribution in [0.25, 0.3) is 11.5 Å². The average molecular weight is 432 g/mol. The number of esters is 1. The van der Waals surface area contributed by atoms with E-state index in [1.165, 1.54) is 0 Å². The van der Waals surface area contributed by atoms with E-state index in [2.05, 4.69) is 20.4 Å². The highest BCUT2D eigenvalue weighted by molar-refractivity contribution is 5.88. The molecule has 1 N–H and O–H groups in total. The van der Waals surface area contributed by atoms with E-state index in [9.17, 15) is 4.79 Å². The fraction of sp³-hybridized carbons (Fsp3) is 0.250. The van der Waals surface area contributed by atoms with E-state index in [-0.39, 0.29) is 5.69 Å². The summed E-state index contributed by atoms with van der Waals surface area (Å²) < 4.78 is 16.7. The molecule has 4 aromatic rings. The number of carbonyl (C=O) groups is 1. The van der Waals surface area contributed by atoms with Gasteiger partial charge in [-0.05, 0) is 43.7 Å². The summed E-state index contributed by atoms with van der Waals surface area (Å²) >= 11 is 0. The van der Waals surface area contributed by atoms with Gasteiger partial charge in [0.1, 0.15) is 17.2 Å². The van der Waals surface area contributed by atoms with Crippen LogP contribution in [0.3, 0.4) is 0 Å². The molecule has 0 aliphatic heterocycles. The predicted octanol–water partition coefficient (Wildman–Crippen LogP) is 4.16. The molecule has 2 heterocycles. The Morgan fingerprint density at radius 3 is 2.56 bits per heavy atom. The largest absolute Gasteiger partial charge is 0.493 e. The summed E-state index contributed by atoms with van der Waals surface area (Å²) in [6.45, 7) is 4.44. The summed E-state index contributed by atoms with van der Waals surface area (Å²) in [5, 5.41) is 10.5. The minimum absolute atomic E-state index is 0.213. The van der Waals surface area contributed by atoms with E-state index in [1.54, 1.807) is 6.92 Å². The number of aromatic amines is 1. The van der Waals surface area contributed by atoms with Crippen molar-refractivity contribution in [3.63, 3.8) is 0 Å². The second-order valence-electron chi connectivity index (χ2n) is 7.15. The third-order valence-electron chi connectivity index (χ3n) is 4.90. The van der Waals surface area contributed by atoms with Gasteiger partial charge in [0.15, 0.2) is 5.69 Å². The molecule has 0 fully saturated rings. The van der Waals surface area contributed by atoms with Crippen molar-refractivity contribution in [2.24, 2.45) is 0 Å².